The van der Waals surface area contributed by atoms with E-state index in [9.17, 15) is 14.4 Å². The predicted octanol–water partition coefficient (Wildman–Crippen LogP) is 1.66. The van der Waals surface area contributed by atoms with Crippen LogP contribution in [0.15, 0.2) is 17.1 Å². The van der Waals surface area contributed by atoms with Crippen LogP contribution >= 0.6 is 0 Å². The van der Waals surface area contributed by atoms with Gasteiger partial charge in [0.15, 0.2) is 0 Å². The minimum Gasteiger partial charge on any atom is -0.469 e. The van der Waals surface area contributed by atoms with Crippen molar-refractivity contribution in [1.82, 2.24) is 9.55 Å². The van der Waals surface area contributed by atoms with Crippen LogP contribution < -0.4 is 11.4 Å². The molecule has 0 aromatic carbocycles. The quantitative estimate of drug-likeness (QED) is 0.692. The lowest BCUT2D eigenvalue weighted by Crippen LogP contribution is -2.44. The fourth-order valence-corrected chi connectivity index (χ4v) is 3.48. The van der Waals surface area contributed by atoms with Gasteiger partial charge >= 0.3 is 17.6 Å². The van der Waals surface area contributed by atoms with E-state index in [1.807, 2.05) is 6.92 Å². The second kappa shape index (κ2) is 8.72. The molecule has 9 heteroatoms. The maximum absolute atomic E-state index is 12.3. The first-order valence-corrected chi connectivity index (χ1v) is 9.44. The summed E-state index contributed by atoms with van der Waals surface area (Å²) in [7, 11) is 1.33. The molecule has 156 valence electrons. The smallest absolute Gasteiger partial charge is 0.351 e. The van der Waals surface area contributed by atoms with Crippen molar-refractivity contribution in [1.29, 1.82) is 0 Å². The summed E-state index contributed by atoms with van der Waals surface area (Å²) in [4.78, 5) is 40.2. The Bertz CT molecular complexity index is 777. The molecule has 0 saturated carbocycles. The Kier molecular flexibility index (Phi) is 6.82. The largest absolute Gasteiger partial charge is 0.469 e. The van der Waals surface area contributed by atoms with E-state index in [4.69, 9.17) is 19.9 Å². The standard InChI is InChI=1S/C19H29N3O6/c1-6-19(10-12(4)17(24)26-5)13(27-16(23)11(2)3)9-15(28-19)22-8-7-14(20)21-18(22)25/h7-8,11-13,15H,6,9-10H2,1-5H3,(H2,20,21,25)/t12?,13-,15+,19+/m0/s1. The van der Waals surface area contributed by atoms with Gasteiger partial charge < -0.3 is 19.9 Å². The lowest BCUT2D eigenvalue weighted by atomic mass is 9.84. The molecule has 1 aromatic heterocycles. The van der Waals surface area contributed by atoms with Crippen molar-refractivity contribution in [2.24, 2.45) is 11.8 Å². The average Bonchev–Trinajstić information content (AvgIpc) is 2.98. The van der Waals surface area contributed by atoms with Gasteiger partial charge in [-0.25, -0.2) is 4.79 Å². The number of esters is 2. The van der Waals surface area contributed by atoms with Crippen LogP contribution in [0.5, 0.6) is 0 Å². The van der Waals surface area contributed by atoms with E-state index < -0.39 is 29.5 Å². The highest BCUT2D eigenvalue weighted by Crippen LogP contribution is 2.44. The molecule has 0 bridgehead atoms. The Labute approximate surface area is 164 Å². The van der Waals surface area contributed by atoms with Crippen LogP contribution in [-0.4, -0.2) is 40.3 Å². The molecule has 2 rings (SSSR count). The Morgan fingerprint density at radius 1 is 1.39 bits per heavy atom. The summed E-state index contributed by atoms with van der Waals surface area (Å²) in [6, 6.07) is 1.50. The van der Waals surface area contributed by atoms with E-state index in [0.717, 1.165) is 0 Å². The summed E-state index contributed by atoms with van der Waals surface area (Å²) in [6.45, 7) is 7.12. The molecule has 0 spiro atoms. The molecule has 2 heterocycles. The van der Waals surface area contributed by atoms with Crippen molar-refractivity contribution >= 4 is 17.8 Å². The number of nitrogens with two attached hydrogens (primary N) is 1. The topological polar surface area (TPSA) is 123 Å². The zero-order valence-electron chi connectivity index (χ0n) is 17.0. The molecule has 1 unspecified atom stereocenters. The van der Waals surface area contributed by atoms with Crippen molar-refractivity contribution in [3.05, 3.63) is 22.7 Å². The summed E-state index contributed by atoms with van der Waals surface area (Å²) in [5.74, 6) is -1.40. The van der Waals surface area contributed by atoms with Crippen LogP contribution in [0.4, 0.5) is 5.82 Å². The third kappa shape index (κ3) is 4.52. The van der Waals surface area contributed by atoms with Crippen LogP contribution in [0.2, 0.25) is 0 Å². The van der Waals surface area contributed by atoms with Gasteiger partial charge in [0.25, 0.3) is 0 Å². The van der Waals surface area contributed by atoms with Gasteiger partial charge in [-0.15, -0.1) is 0 Å². The summed E-state index contributed by atoms with van der Waals surface area (Å²) in [5.41, 5.74) is 4.08. The molecular formula is C19H29N3O6. The molecule has 1 saturated heterocycles. The van der Waals surface area contributed by atoms with Crippen LogP contribution in [0.25, 0.3) is 0 Å². The number of carbonyl (C=O) groups excluding carboxylic acids is 2. The highest BCUT2D eigenvalue weighted by Gasteiger charge is 2.52. The molecule has 1 aliphatic rings. The van der Waals surface area contributed by atoms with Gasteiger partial charge in [0, 0.05) is 12.6 Å². The fraction of sp³-hybridized carbons (Fsp3) is 0.684. The lowest BCUT2D eigenvalue weighted by molar-refractivity contribution is -0.171. The first-order valence-electron chi connectivity index (χ1n) is 9.44. The van der Waals surface area contributed by atoms with Crippen LogP contribution in [-0.2, 0) is 23.8 Å². The Morgan fingerprint density at radius 3 is 2.61 bits per heavy atom. The summed E-state index contributed by atoms with van der Waals surface area (Å²) in [6.07, 6.45) is 1.25. The van der Waals surface area contributed by atoms with Crippen molar-refractivity contribution < 1.29 is 23.8 Å². The lowest BCUT2D eigenvalue weighted by Gasteiger charge is -2.35. The summed E-state index contributed by atoms with van der Waals surface area (Å²) < 4.78 is 18.1. The monoisotopic (exact) mass is 395 g/mol. The number of aromatic nitrogens is 2. The molecule has 0 aliphatic carbocycles. The first kappa shape index (κ1) is 21.9. The Morgan fingerprint density at radius 2 is 2.07 bits per heavy atom. The zero-order chi connectivity index (χ0) is 21.1. The van der Waals surface area contributed by atoms with E-state index >= 15 is 0 Å². The highest BCUT2D eigenvalue weighted by molar-refractivity contribution is 5.72. The molecule has 0 amide bonds. The molecule has 0 radical (unpaired) electrons. The second-order valence-electron chi connectivity index (χ2n) is 7.48. The summed E-state index contributed by atoms with van der Waals surface area (Å²) in [5, 5.41) is 0. The minimum atomic E-state index is -0.927. The third-order valence-electron chi connectivity index (χ3n) is 5.12. The molecule has 28 heavy (non-hydrogen) atoms. The minimum absolute atomic E-state index is 0.114. The van der Waals surface area contributed by atoms with Crippen LogP contribution in [0.1, 0.15) is 53.2 Å². The van der Waals surface area contributed by atoms with E-state index in [0.29, 0.717) is 12.8 Å². The van der Waals surface area contributed by atoms with Crippen molar-refractivity contribution in [2.75, 3.05) is 12.8 Å². The predicted molar refractivity (Wildman–Crippen MR) is 101 cm³/mol. The van der Waals surface area contributed by atoms with Crippen molar-refractivity contribution in [2.45, 2.75) is 64.9 Å². The van der Waals surface area contributed by atoms with Gasteiger partial charge in [-0.1, -0.05) is 27.7 Å². The molecule has 4 atom stereocenters. The van der Waals surface area contributed by atoms with Gasteiger partial charge in [0.2, 0.25) is 0 Å². The normalized spacial score (nSPS) is 25.5. The number of anilines is 1. The van der Waals surface area contributed by atoms with E-state index in [-0.39, 0.29) is 30.1 Å². The van der Waals surface area contributed by atoms with Crippen LogP contribution in [0.3, 0.4) is 0 Å². The van der Waals surface area contributed by atoms with Crippen molar-refractivity contribution in [3.63, 3.8) is 0 Å². The number of ether oxygens (including phenoxy) is 3. The third-order valence-corrected chi connectivity index (χ3v) is 5.12. The van der Waals surface area contributed by atoms with Crippen LogP contribution in [0, 0.1) is 11.8 Å². The molecule has 9 nitrogen and oxygen atoms in total. The van der Waals surface area contributed by atoms with Gasteiger partial charge in [0.05, 0.1) is 18.9 Å². The summed E-state index contributed by atoms with van der Waals surface area (Å²) >= 11 is 0. The maximum atomic E-state index is 12.3. The Hall–Kier alpha value is -2.42. The van der Waals surface area contributed by atoms with Crippen molar-refractivity contribution in [3.8, 4) is 0 Å². The number of methoxy groups -OCH3 is 1. The average molecular weight is 395 g/mol. The van der Waals surface area contributed by atoms with E-state index in [2.05, 4.69) is 4.98 Å². The Balaban J connectivity index is 2.38. The maximum Gasteiger partial charge on any atom is 0.351 e. The van der Waals surface area contributed by atoms with Gasteiger partial charge in [-0.2, -0.15) is 4.98 Å². The molecule has 1 fully saturated rings. The fourth-order valence-electron chi connectivity index (χ4n) is 3.48. The van der Waals surface area contributed by atoms with Gasteiger partial charge in [-0.3, -0.25) is 14.2 Å². The molecule has 2 N–H and O–H groups in total. The number of nitrogens with zero attached hydrogens (tertiary/aromatic N) is 2. The first-order chi connectivity index (χ1) is 13.1. The van der Waals surface area contributed by atoms with Gasteiger partial charge in [-0.05, 0) is 18.9 Å². The second-order valence-corrected chi connectivity index (χ2v) is 7.48. The molecule has 1 aromatic rings. The SMILES string of the molecule is CC[C@]1(CC(C)C(=O)OC)O[C@@H](n2ccc(N)nc2=O)C[C@@H]1OC(=O)C(C)C. The number of hydrogen-bond donors (Lipinski definition) is 1. The number of nitrogen functional groups attached to an aromatic ring is 1. The number of carbonyl (C=O) groups is 2. The zero-order valence-corrected chi connectivity index (χ0v) is 17.0. The molecule has 1 aliphatic heterocycles. The highest BCUT2D eigenvalue weighted by atomic mass is 16.6. The molecular weight excluding hydrogens is 366 g/mol. The number of rotatable bonds is 7. The van der Waals surface area contributed by atoms with E-state index in [1.165, 1.54) is 23.9 Å². The van der Waals surface area contributed by atoms with E-state index in [1.54, 1.807) is 20.8 Å². The van der Waals surface area contributed by atoms with Gasteiger partial charge in [0.1, 0.15) is 23.8 Å². The number of hydrogen-bond acceptors (Lipinski definition) is 8.